The number of ether oxygens (including phenoxy) is 2. The number of hydrogen-bond donors (Lipinski definition) is 2. The van der Waals surface area contributed by atoms with Gasteiger partial charge in [-0.1, -0.05) is 29.2 Å². The molecule has 0 unspecified atom stereocenters. The van der Waals surface area contributed by atoms with Crippen molar-refractivity contribution < 1.29 is 19.1 Å². The molecule has 4 aromatic rings. The van der Waals surface area contributed by atoms with Gasteiger partial charge in [0.15, 0.2) is 11.0 Å². The van der Waals surface area contributed by atoms with Crippen molar-refractivity contribution in [3.63, 3.8) is 0 Å². The Morgan fingerprint density at radius 1 is 1.11 bits per heavy atom. The number of methoxy groups -OCH3 is 2. The molecule has 0 radical (unpaired) electrons. The van der Waals surface area contributed by atoms with Gasteiger partial charge in [0, 0.05) is 6.07 Å². The lowest BCUT2D eigenvalue weighted by atomic mass is 10.2. The van der Waals surface area contributed by atoms with Gasteiger partial charge >= 0.3 is 0 Å². The SMILES string of the molecule is COc1ccc(OC)c(-n2c(CNC(=O)c3cccs3)nnc2SCC(=O)Nc2nnc(C)s2)c1. The molecule has 0 aliphatic carbocycles. The van der Waals surface area contributed by atoms with Crippen molar-refractivity contribution >= 4 is 51.4 Å². The van der Waals surface area contributed by atoms with Crippen molar-refractivity contribution in [1.82, 2.24) is 30.3 Å². The molecule has 0 saturated carbocycles. The van der Waals surface area contributed by atoms with Gasteiger partial charge in [-0.15, -0.1) is 31.7 Å². The Kier molecular flexibility index (Phi) is 7.94. The first kappa shape index (κ1) is 24.6. The molecule has 182 valence electrons. The van der Waals surface area contributed by atoms with Crippen molar-refractivity contribution in [3.05, 3.63) is 51.4 Å². The molecule has 0 aliphatic rings. The Balaban J connectivity index is 1.59. The highest BCUT2D eigenvalue weighted by Crippen LogP contribution is 2.32. The van der Waals surface area contributed by atoms with Crippen LogP contribution in [-0.4, -0.2) is 56.7 Å². The summed E-state index contributed by atoms with van der Waals surface area (Å²) in [5.41, 5.74) is 0.611. The van der Waals surface area contributed by atoms with Crippen LogP contribution in [0.15, 0.2) is 40.9 Å². The molecule has 2 amide bonds. The Bertz CT molecular complexity index is 1320. The van der Waals surface area contributed by atoms with Gasteiger partial charge in [-0.3, -0.25) is 19.5 Å². The first-order chi connectivity index (χ1) is 17.0. The second kappa shape index (κ2) is 11.3. The highest BCUT2D eigenvalue weighted by atomic mass is 32.2. The summed E-state index contributed by atoms with van der Waals surface area (Å²) in [5, 5.41) is 25.4. The number of nitrogens with one attached hydrogen (secondary N) is 2. The standard InChI is InChI=1S/C21H21N7O4S3/c1-12-24-26-20(35-12)23-18(29)11-34-21-27-25-17(10-22-19(30)16-5-4-8-33-16)28(21)14-9-13(31-2)6-7-15(14)32-3/h4-9H,10-11H2,1-3H3,(H,22,30)(H,23,26,29). The van der Waals surface area contributed by atoms with E-state index in [2.05, 4.69) is 31.0 Å². The fourth-order valence-corrected chi connectivity index (χ4v) is 5.02. The first-order valence-electron chi connectivity index (χ1n) is 10.2. The summed E-state index contributed by atoms with van der Waals surface area (Å²) in [5.74, 6) is 1.20. The number of amides is 2. The van der Waals surface area contributed by atoms with E-state index < -0.39 is 0 Å². The van der Waals surface area contributed by atoms with E-state index in [9.17, 15) is 9.59 Å². The zero-order valence-electron chi connectivity index (χ0n) is 19.0. The average molecular weight is 532 g/mol. The molecule has 0 atom stereocenters. The van der Waals surface area contributed by atoms with Gasteiger partial charge in [0.05, 0.1) is 37.1 Å². The number of anilines is 1. The molecule has 4 rings (SSSR count). The Labute approximate surface area is 212 Å². The van der Waals surface area contributed by atoms with Crippen LogP contribution in [0, 0.1) is 6.92 Å². The maximum Gasteiger partial charge on any atom is 0.261 e. The van der Waals surface area contributed by atoms with Crippen LogP contribution >= 0.6 is 34.4 Å². The number of aryl methyl sites for hydroxylation is 1. The van der Waals surface area contributed by atoms with Crippen molar-refractivity contribution in [3.8, 4) is 17.2 Å². The maximum absolute atomic E-state index is 12.5. The molecule has 14 heteroatoms. The topological polar surface area (TPSA) is 133 Å². The van der Waals surface area contributed by atoms with Gasteiger partial charge < -0.3 is 14.8 Å². The van der Waals surface area contributed by atoms with Crippen LogP contribution in [0.2, 0.25) is 0 Å². The number of rotatable bonds is 10. The van der Waals surface area contributed by atoms with E-state index in [4.69, 9.17) is 9.47 Å². The summed E-state index contributed by atoms with van der Waals surface area (Å²) in [4.78, 5) is 25.5. The quantitative estimate of drug-likeness (QED) is 0.296. The highest BCUT2D eigenvalue weighted by molar-refractivity contribution is 7.99. The smallest absolute Gasteiger partial charge is 0.261 e. The van der Waals surface area contributed by atoms with Crippen molar-refractivity contribution in [2.75, 3.05) is 25.3 Å². The first-order valence-corrected chi connectivity index (χ1v) is 12.9. The molecule has 11 nitrogen and oxygen atoms in total. The second-order valence-corrected chi connectivity index (χ2v) is 9.97. The molecule has 2 N–H and O–H groups in total. The van der Waals surface area contributed by atoms with Gasteiger partial charge in [0.25, 0.3) is 5.91 Å². The number of benzene rings is 1. The van der Waals surface area contributed by atoms with E-state index >= 15 is 0 Å². The monoisotopic (exact) mass is 531 g/mol. The minimum Gasteiger partial charge on any atom is -0.497 e. The van der Waals surface area contributed by atoms with Gasteiger partial charge in [0.2, 0.25) is 11.0 Å². The van der Waals surface area contributed by atoms with Crippen LogP contribution in [0.25, 0.3) is 5.69 Å². The van der Waals surface area contributed by atoms with Crippen LogP contribution in [0.5, 0.6) is 11.5 Å². The Morgan fingerprint density at radius 2 is 1.97 bits per heavy atom. The summed E-state index contributed by atoms with van der Waals surface area (Å²) in [6, 6.07) is 8.87. The van der Waals surface area contributed by atoms with Gasteiger partial charge in [-0.05, 0) is 30.5 Å². The van der Waals surface area contributed by atoms with Crippen LogP contribution < -0.4 is 20.1 Å². The molecule has 3 heterocycles. The molecule has 0 aliphatic heterocycles. The number of aromatic nitrogens is 5. The molecule has 3 aromatic heterocycles. The number of carbonyl (C=O) groups excluding carboxylic acids is 2. The number of hydrogen-bond acceptors (Lipinski definition) is 11. The maximum atomic E-state index is 12.5. The van der Waals surface area contributed by atoms with Crippen molar-refractivity contribution in [2.24, 2.45) is 0 Å². The van der Waals surface area contributed by atoms with Crippen molar-refractivity contribution in [1.29, 1.82) is 0 Å². The van der Waals surface area contributed by atoms with Gasteiger partial charge in [0.1, 0.15) is 16.5 Å². The molecule has 0 spiro atoms. The van der Waals surface area contributed by atoms with Gasteiger partial charge in [-0.25, -0.2) is 0 Å². The number of carbonyl (C=O) groups is 2. The minimum absolute atomic E-state index is 0.0601. The van der Waals surface area contributed by atoms with Crippen LogP contribution in [-0.2, 0) is 11.3 Å². The Hall–Kier alpha value is -3.49. The summed E-state index contributed by atoms with van der Waals surface area (Å²) in [7, 11) is 3.12. The fourth-order valence-electron chi connectivity index (χ4n) is 3.01. The summed E-state index contributed by atoms with van der Waals surface area (Å²) < 4.78 is 12.7. The van der Waals surface area contributed by atoms with E-state index in [-0.39, 0.29) is 24.1 Å². The molecule has 0 bridgehead atoms. The predicted octanol–water partition coefficient (Wildman–Crippen LogP) is 3.17. The van der Waals surface area contributed by atoms with Gasteiger partial charge in [-0.2, -0.15) is 0 Å². The van der Waals surface area contributed by atoms with E-state index in [1.165, 1.54) is 34.4 Å². The number of thioether (sulfide) groups is 1. The van der Waals surface area contributed by atoms with Crippen molar-refractivity contribution in [2.45, 2.75) is 18.6 Å². The molecule has 0 fully saturated rings. The molecule has 0 saturated heterocycles. The largest absolute Gasteiger partial charge is 0.497 e. The summed E-state index contributed by atoms with van der Waals surface area (Å²) >= 11 is 3.83. The molecule has 1 aromatic carbocycles. The second-order valence-electron chi connectivity index (χ2n) is 6.90. The summed E-state index contributed by atoms with van der Waals surface area (Å²) in [6.45, 7) is 1.92. The predicted molar refractivity (Wildman–Crippen MR) is 134 cm³/mol. The van der Waals surface area contributed by atoms with E-state index in [1.54, 1.807) is 43.1 Å². The molecular weight excluding hydrogens is 510 g/mol. The molecular formula is C21H21N7O4S3. The zero-order chi connectivity index (χ0) is 24.8. The average Bonchev–Trinajstić information content (AvgIpc) is 3.62. The normalized spacial score (nSPS) is 10.7. The lowest BCUT2D eigenvalue weighted by molar-refractivity contribution is -0.113. The van der Waals surface area contributed by atoms with E-state index in [0.717, 1.165) is 5.01 Å². The minimum atomic E-state index is -0.258. The Morgan fingerprint density at radius 3 is 2.66 bits per heavy atom. The lowest BCUT2D eigenvalue weighted by Gasteiger charge is -2.15. The summed E-state index contributed by atoms with van der Waals surface area (Å²) in [6.07, 6.45) is 0. The number of nitrogens with zero attached hydrogens (tertiary/aromatic N) is 5. The van der Waals surface area contributed by atoms with E-state index in [0.29, 0.717) is 38.2 Å². The third-order valence-electron chi connectivity index (χ3n) is 4.58. The molecule has 35 heavy (non-hydrogen) atoms. The number of thiophene rings is 1. The lowest BCUT2D eigenvalue weighted by Crippen LogP contribution is -2.24. The third kappa shape index (κ3) is 5.96. The zero-order valence-corrected chi connectivity index (χ0v) is 21.4. The van der Waals surface area contributed by atoms with Crippen LogP contribution in [0.4, 0.5) is 5.13 Å². The third-order valence-corrected chi connectivity index (χ3v) is 7.14. The fraction of sp³-hybridized carbons (Fsp3) is 0.238. The van der Waals surface area contributed by atoms with E-state index in [1.807, 2.05) is 18.4 Å². The van der Waals surface area contributed by atoms with Crippen LogP contribution in [0.1, 0.15) is 20.5 Å². The highest BCUT2D eigenvalue weighted by Gasteiger charge is 2.21. The van der Waals surface area contributed by atoms with Crippen LogP contribution in [0.3, 0.4) is 0 Å².